The third-order valence-electron chi connectivity index (χ3n) is 3.05. The summed E-state index contributed by atoms with van der Waals surface area (Å²) in [7, 11) is 1.56. The molecule has 0 radical (unpaired) electrons. The number of halogens is 3. The predicted octanol–water partition coefficient (Wildman–Crippen LogP) is 3.57. The van der Waals surface area contributed by atoms with Crippen LogP contribution in [0.15, 0.2) is 12.1 Å². The average molecular weight is 275 g/mol. The molecule has 0 saturated heterocycles. The van der Waals surface area contributed by atoms with E-state index in [1.54, 1.807) is 7.11 Å². The lowest BCUT2D eigenvalue weighted by Gasteiger charge is -2.22. The van der Waals surface area contributed by atoms with Crippen LogP contribution in [0.1, 0.15) is 38.3 Å². The minimum atomic E-state index is -1.43. The molecule has 0 fully saturated rings. The third kappa shape index (κ3) is 4.21. The van der Waals surface area contributed by atoms with Gasteiger partial charge in [-0.2, -0.15) is 0 Å². The van der Waals surface area contributed by atoms with Gasteiger partial charge in [0.25, 0.3) is 0 Å². The highest BCUT2D eigenvalue weighted by Crippen LogP contribution is 2.25. The molecular formula is C14H20F3NO. The van der Waals surface area contributed by atoms with E-state index in [9.17, 15) is 13.2 Å². The molecule has 2 unspecified atom stereocenters. The molecular weight excluding hydrogens is 255 g/mol. The van der Waals surface area contributed by atoms with Gasteiger partial charge in [-0.1, -0.05) is 13.0 Å². The molecule has 0 bridgehead atoms. The Balaban J connectivity index is 2.99. The fourth-order valence-corrected chi connectivity index (χ4v) is 1.88. The molecule has 0 aliphatic carbocycles. The summed E-state index contributed by atoms with van der Waals surface area (Å²) in [6.07, 6.45) is 1.24. The second-order valence-corrected chi connectivity index (χ2v) is 4.55. The molecule has 1 aromatic carbocycles. The van der Waals surface area contributed by atoms with Gasteiger partial charge in [0.1, 0.15) is 0 Å². The first-order chi connectivity index (χ1) is 9.01. The zero-order valence-electron chi connectivity index (χ0n) is 11.5. The molecule has 5 heteroatoms. The van der Waals surface area contributed by atoms with Crippen molar-refractivity contribution in [2.75, 3.05) is 13.7 Å². The maximum atomic E-state index is 13.8. The maximum Gasteiger partial charge on any atom is 0.194 e. The van der Waals surface area contributed by atoms with Crippen LogP contribution in [0.25, 0.3) is 0 Å². The molecule has 0 saturated carbocycles. The molecule has 1 rings (SSSR count). The molecule has 19 heavy (non-hydrogen) atoms. The normalized spacial score (nSPS) is 14.4. The summed E-state index contributed by atoms with van der Waals surface area (Å²) >= 11 is 0. The van der Waals surface area contributed by atoms with Crippen molar-refractivity contribution in [1.82, 2.24) is 5.32 Å². The highest BCUT2D eigenvalue weighted by molar-refractivity contribution is 5.23. The van der Waals surface area contributed by atoms with Gasteiger partial charge in [0.05, 0.1) is 6.10 Å². The maximum absolute atomic E-state index is 13.8. The molecule has 2 nitrogen and oxygen atoms in total. The van der Waals surface area contributed by atoms with Gasteiger partial charge in [0.15, 0.2) is 17.5 Å². The second kappa shape index (κ2) is 7.50. The van der Waals surface area contributed by atoms with Gasteiger partial charge < -0.3 is 10.1 Å². The van der Waals surface area contributed by atoms with Crippen molar-refractivity contribution in [3.05, 3.63) is 35.1 Å². The summed E-state index contributed by atoms with van der Waals surface area (Å²) < 4.78 is 45.2. The van der Waals surface area contributed by atoms with Crippen molar-refractivity contribution < 1.29 is 17.9 Å². The van der Waals surface area contributed by atoms with Gasteiger partial charge in [-0.3, -0.25) is 0 Å². The highest BCUT2D eigenvalue weighted by atomic mass is 19.2. The van der Waals surface area contributed by atoms with Gasteiger partial charge in [-0.25, -0.2) is 13.2 Å². The smallest absolute Gasteiger partial charge is 0.194 e. The molecule has 0 aliphatic rings. The Bertz CT molecular complexity index is 412. The number of methoxy groups -OCH3 is 1. The Kier molecular flexibility index (Phi) is 6.31. The van der Waals surface area contributed by atoms with Gasteiger partial charge in [0, 0.05) is 18.7 Å². The molecule has 0 aliphatic heterocycles. The zero-order valence-corrected chi connectivity index (χ0v) is 11.5. The largest absolute Gasteiger partial charge is 0.382 e. The zero-order chi connectivity index (χ0) is 14.4. The minimum absolute atomic E-state index is 0.109. The van der Waals surface area contributed by atoms with Crippen LogP contribution in [0.3, 0.4) is 0 Å². The summed E-state index contributed by atoms with van der Waals surface area (Å²) in [6.45, 7) is 4.49. The van der Waals surface area contributed by atoms with E-state index in [2.05, 4.69) is 5.32 Å². The molecule has 0 heterocycles. The van der Waals surface area contributed by atoms with Crippen molar-refractivity contribution in [1.29, 1.82) is 0 Å². The number of hydrogen-bond donors (Lipinski definition) is 1. The molecule has 0 amide bonds. The van der Waals surface area contributed by atoms with E-state index in [1.165, 1.54) is 6.07 Å². The van der Waals surface area contributed by atoms with Crippen molar-refractivity contribution in [3.63, 3.8) is 0 Å². The van der Waals surface area contributed by atoms with Crippen molar-refractivity contribution in [3.8, 4) is 0 Å². The first-order valence-electron chi connectivity index (χ1n) is 6.40. The Labute approximate surface area is 112 Å². The minimum Gasteiger partial charge on any atom is -0.382 e. The summed E-state index contributed by atoms with van der Waals surface area (Å²) in [5.74, 6) is -3.72. The number of rotatable bonds is 7. The van der Waals surface area contributed by atoms with Crippen molar-refractivity contribution >= 4 is 0 Å². The van der Waals surface area contributed by atoms with Crippen LogP contribution in [0.2, 0.25) is 0 Å². The molecule has 2 atom stereocenters. The summed E-state index contributed by atoms with van der Waals surface area (Å²) in [4.78, 5) is 0. The van der Waals surface area contributed by atoms with Gasteiger partial charge in [-0.15, -0.1) is 0 Å². The summed E-state index contributed by atoms with van der Waals surface area (Å²) in [5.41, 5.74) is 0.135. The van der Waals surface area contributed by atoms with E-state index in [1.807, 2.05) is 13.8 Å². The third-order valence-corrected chi connectivity index (χ3v) is 3.05. The van der Waals surface area contributed by atoms with E-state index in [-0.39, 0.29) is 11.7 Å². The van der Waals surface area contributed by atoms with Gasteiger partial charge in [-0.05, 0) is 32.4 Å². The molecule has 1 aromatic rings. The number of benzene rings is 1. The number of nitrogens with one attached hydrogen (secondary N) is 1. The van der Waals surface area contributed by atoms with Crippen LogP contribution in [0, 0.1) is 17.5 Å². The summed E-state index contributed by atoms with van der Waals surface area (Å²) in [5, 5.41) is 3.13. The van der Waals surface area contributed by atoms with Gasteiger partial charge >= 0.3 is 0 Å². The molecule has 108 valence electrons. The molecule has 1 N–H and O–H groups in total. The fraction of sp³-hybridized carbons (Fsp3) is 0.571. The Hall–Kier alpha value is -1.07. The topological polar surface area (TPSA) is 21.3 Å². The fourth-order valence-electron chi connectivity index (χ4n) is 1.88. The van der Waals surface area contributed by atoms with E-state index in [0.29, 0.717) is 13.0 Å². The predicted molar refractivity (Wildman–Crippen MR) is 68.4 cm³/mol. The standard InChI is InChI=1S/C14H20F3NO/c1-4-7-18-12(8-9(2)19-3)10-5-6-11(15)14(17)13(10)16/h5-6,9,12,18H,4,7-8H2,1-3H3. The Morgan fingerprint density at radius 3 is 2.47 bits per heavy atom. The van der Waals surface area contributed by atoms with Crippen LogP contribution in [-0.2, 0) is 4.74 Å². The van der Waals surface area contributed by atoms with Crippen molar-refractivity contribution in [2.24, 2.45) is 0 Å². The first-order valence-corrected chi connectivity index (χ1v) is 6.40. The second-order valence-electron chi connectivity index (χ2n) is 4.55. The summed E-state index contributed by atoms with van der Waals surface area (Å²) in [6, 6.07) is 1.83. The molecule has 0 spiro atoms. The lowest BCUT2D eigenvalue weighted by Crippen LogP contribution is -2.27. The Morgan fingerprint density at radius 2 is 1.89 bits per heavy atom. The number of hydrogen-bond acceptors (Lipinski definition) is 2. The first kappa shape index (κ1) is 16.0. The van der Waals surface area contributed by atoms with Crippen LogP contribution in [0.4, 0.5) is 13.2 Å². The lowest BCUT2D eigenvalue weighted by atomic mass is 10.00. The monoisotopic (exact) mass is 275 g/mol. The van der Waals surface area contributed by atoms with Crippen LogP contribution < -0.4 is 5.32 Å². The number of ether oxygens (including phenoxy) is 1. The van der Waals surface area contributed by atoms with Crippen LogP contribution in [0.5, 0.6) is 0 Å². The van der Waals surface area contributed by atoms with Crippen LogP contribution >= 0.6 is 0 Å². The lowest BCUT2D eigenvalue weighted by molar-refractivity contribution is 0.0998. The Morgan fingerprint density at radius 1 is 1.21 bits per heavy atom. The SMILES string of the molecule is CCCNC(CC(C)OC)c1ccc(F)c(F)c1F. The van der Waals surface area contributed by atoms with E-state index in [0.717, 1.165) is 12.5 Å². The van der Waals surface area contributed by atoms with Crippen LogP contribution in [-0.4, -0.2) is 19.8 Å². The van der Waals surface area contributed by atoms with E-state index < -0.39 is 23.5 Å². The highest BCUT2D eigenvalue weighted by Gasteiger charge is 2.22. The average Bonchev–Trinajstić information content (AvgIpc) is 2.41. The van der Waals surface area contributed by atoms with Crippen molar-refractivity contribution in [2.45, 2.75) is 38.8 Å². The van der Waals surface area contributed by atoms with E-state index in [4.69, 9.17) is 4.74 Å². The van der Waals surface area contributed by atoms with Gasteiger partial charge in [0.2, 0.25) is 0 Å². The quantitative estimate of drug-likeness (QED) is 0.768. The van der Waals surface area contributed by atoms with E-state index >= 15 is 0 Å². The molecule has 0 aromatic heterocycles.